The summed E-state index contributed by atoms with van der Waals surface area (Å²) in [7, 11) is 0. The summed E-state index contributed by atoms with van der Waals surface area (Å²) < 4.78 is 0. The fourth-order valence-corrected chi connectivity index (χ4v) is 2.72. The largest absolute Gasteiger partial charge is 0.476 e. The van der Waals surface area contributed by atoms with Crippen molar-refractivity contribution in [2.75, 3.05) is 11.4 Å². The van der Waals surface area contributed by atoms with E-state index < -0.39 is 5.97 Å². The molecule has 1 aliphatic heterocycles. The molecule has 4 heteroatoms. The van der Waals surface area contributed by atoms with Crippen LogP contribution in [0.4, 0.5) is 5.69 Å². The number of hydrogen-bond donors (Lipinski definition) is 1. The number of carbonyl (C=O) groups is 1. The number of fused-ring (bicyclic) bond motifs is 1. The van der Waals surface area contributed by atoms with Crippen LogP contribution < -0.4 is 4.90 Å². The lowest BCUT2D eigenvalue weighted by Gasteiger charge is -2.24. The maximum Gasteiger partial charge on any atom is 0.356 e. The van der Waals surface area contributed by atoms with Crippen LogP contribution in [-0.2, 0) is 13.0 Å². The molecule has 20 heavy (non-hydrogen) atoms. The first kappa shape index (κ1) is 12.7. The Morgan fingerprint density at radius 1 is 1.15 bits per heavy atom. The van der Waals surface area contributed by atoms with E-state index in [2.05, 4.69) is 28.1 Å². The minimum Gasteiger partial charge on any atom is -0.476 e. The van der Waals surface area contributed by atoms with Gasteiger partial charge in [0.2, 0.25) is 0 Å². The average Bonchev–Trinajstić information content (AvgIpc) is 2.69. The molecule has 0 fully saturated rings. The number of aromatic carboxylic acids is 1. The van der Waals surface area contributed by atoms with Gasteiger partial charge in [0.25, 0.3) is 0 Å². The molecule has 0 radical (unpaired) electrons. The first-order valence-corrected chi connectivity index (χ1v) is 6.76. The van der Waals surface area contributed by atoms with Crippen LogP contribution in [0.2, 0.25) is 0 Å². The molecule has 0 saturated heterocycles. The second-order valence-corrected chi connectivity index (χ2v) is 4.97. The molecule has 1 aromatic heterocycles. The van der Waals surface area contributed by atoms with Gasteiger partial charge in [0.1, 0.15) is 0 Å². The standard InChI is InChI=1S/C16H16N2O2/c19-16(20)15-14(8-3-9-17-15)18-10-4-7-12-5-1-2-6-13(12)11-18/h1-3,5-6,8-9H,4,7,10-11H2,(H,19,20). The smallest absolute Gasteiger partial charge is 0.356 e. The van der Waals surface area contributed by atoms with Crippen molar-refractivity contribution in [3.63, 3.8) is 0 Å². The van der Waals surface area contributed by atoms with Crippen molar-refractivity contribution in [3.05, 3.63) is 59.4 Å². The van der Waals surface area contributed by atoms with Gasteiger partial charge in [0, 0.05) is 19.3 Å². The highest BCUT2D eigenvalue weighted by atomic mass is 16.4. The quantitative estimate of drug-likeness (QED) is 0.910. The number of nitrogens with zero attached hydrogens (tertiary/aromatic N) is 2. The molecule has 1 N–H and O–H groups in total. The van der Waals surface area contributed by atoms with Crippen molar-refractivity contribution in [2.24, 2.45) is 0 Å². The molecule has 1 aliphatic rings. The Hall–Kier alpha value is -2.36. The van der Waals surface area contributed by atoms with Gasteiger partial charge in [-0.3, -0.25) is 0 Å². The first-order valence-electron chi connectivity index (χ1n) is 6.76. The van der Waals surface area contributed by atoms with Gasteiger partial charge in [0.05, 0.1) is 5.69 Å². The highest BCUT2D eigenvalue weighted by Crippen LogP contribution is 2.25. The first-order chi connectivity index (χ1) is 9.75. The summed E-state index contributed by atoms with van der Waals surface area (Å²) in [4.78, 5) is 17.4. The number of carboxylic acids is 1. The topological polar surface area (TPSA) is 53.4 Å². The Bertz CT molecular complexity index is 640. The second-order valence-electron chi connectivity index (χ2n) is 4.97. The van der Waals surface area contributed by atoms with Crippen LogP contribution in [0.5, 0.6) is 0 Å². The second kappa shape index (κ2) is 5.33. The normalized spacial score (nSPS) is 14.5. The summed E-state index contributed by atoms with van der Waals surface area (Å²) in [5, 5.41) is 9.27. The van der Waals surface area contributed by atoms with Crippen LogP contribution >= 0.6 is 0 Å². The number of benzene rings is 1. The van der Waals surface area contributed by atoms with Crippen LogP contribution in [-0.4, -0.2) is 22.6 Å². The SMILES string of the molecule is O=C(O)c1ncccc1N1CCCc2ccccc2C1. The van der Waals surface area contributed by atoms with Gasteiger partial charge in [-0.15, -0.1) is 0 Å². The zero-order valence-corrected chi connectivity index (χ0v) is 11.1. The van der Waals surface area contributed by atoms with Gasteiger partial charge < -0.3 is 10.0 Å². The van der Waals surface area contributed by atoms with E-state index in [-0.39, 0.29) is 5.69 Å². The van der Waals surface area contributed by atoms with Crippen LogP contribution in [0.1, 0.15) is 28.0 Å². The summed E-state index contributed by atoms with van der Waals surface area (Å²) in [6.45, 7) is 1.59. The van der Waals surface area contributed by atoms with Crippen molar-refractivity contribution in [1.29, 1.82) is 0 Å². The van der Waals surface area contributed by atoms with Gasteiger partial charge in [-0.05, 0) is 36.1 Å². The lowest BCUT2D eigenvalue weighted by molar-refractivity contribution is 0.0691. The lowest BCUT2D eigenvalue weighted by atomic mass is 10.0. The molecular formula is C16H16N2O2. The molecular weight excluding hydrogens is 252 g/mol. The van der Waals surface area contributed by atoms with E-state index in [4.69, 9.17) is 0 Å². The van der Waals surface area contributed by atoms with Crippen molar-refractivity contribution >= 4 is 11.7 Å². The zero-order chi connectivity index (χ0) is 13.9. The Kier molecular flexibility index (Phi) is 3.37. The molecule has 2 aromatic rings. The minimum absolute atomic E-state index is 0.131. The van der Waals surface area contributed by atoms with Crippen molar-refractivity contribution < 1.29 is 9.90 Å². The monoisotopic (exact) mass is 268 g/mol. The Balaban J connectivity index is 1.98. The third kappa shape index (κ3) is 2.37. The molecule has 0 spiro atoms. The van der Waals surface area contributed by atoms with E-state index in [0.29, 0.717) is 5.69 Å². The molecule has 102 valence electrons. The van der Waals surface area contributed by atoms with Crippen LogP contribution in [0.25, 0.3) is 0 Å². The average molecular weight is 268 g/mol. The Labute approximate surface area is 117 Å². The third-order valence-corrected chi connectivity index (χ3v) is 3.68. The Morgan fingerprint density at radius 2 is 1.95 bits per heavy atom. The number of anilines is 1. The number of rotatable bonds is 2. The van der Waals surface area contributed by atoms with Crippen molar-refractivity contribution in [1.82, 2.24) is 4.98 Å². The summed E-state index contributed by atoms with van der Waals surface area (Å²) in [5.74, 6) is -0.974. The molecule has 2 heterocycles. The summed E-state index contributed by atoms with van der Waals surface area (Å²) in [6, 6.07) is 12.0. The highest BCUT2D eigenvalue weighted by molar-refractivity contribution is 5.92. The van der Waals surface area contributed by atoms with Crippen LogP contribution in [0, 0.1) is 0 Å². The summed E-state index contributed by atoms with van der Waals surface area (Å²) in [6.07, 6.45) is 3.58. The van der Waals surface area contributed by atoms with Crippen LogP contribution in [0.15, 0.2) is 42.6 Å². The van der Waals surface area contributed by atoms with E-state index in [1.807, 2.05) is 12.1 Å². The molecule has 0 unspecified atom stereocenters. The maximum atomic E-state index is 11.3. The van der Waals surface area contributed by atoms with Gasteiger partial charge in [0.15, 0.2) is 5.69 Å². The Morgan fingerprint density at radius 3 is 2.75 bits per heavy atom. The minimum atomic E-state index is -0.974. The van der Waals surface area contributed by atoms with Gasteiger partial charge in [-0.25, -0.2) is 9.78 Å². The molecule has 0 atom stereocenters. The number of pyridine rings is 1. The zero-order valence-electron chi connectivity index (χ0n) is 11.1. The predicted molar refractivity (Wildman–Crippen MR) is 77.0 cm³/mol. The fraction of sp³-hybridized carbons (Fsp3) is 0.250. The molecule has 0 saturated carbocycles. The van der Waals surface area contributed by atoms with E-state index in [9.17, 15) is 9.90 Å². The number of aromatic nitrogens is 1. The number of hydrogen-bond acceptors (Lipinski definition) is 3. The predicted octanol–water partition coefficient (Wildman–Crippen LogP) is 2.73. The third-order valence-electron chi connectivity index (χ3n) is 3.68. The van der Waals surface area contributed by atoms with Crippen molar-refractivity contribution in [2.45, 2.75) is 19.4 Å². The summed E-state index contributed by atoms with van der Waals surface area (Å²) >= 11 is 0. The molecule has 0 aliphatic carbocycles. The van der Waals surface area contributed by atoms with E-state index in [0.717, 1.165) is 25.9 Å². The fourth-order valence-electron chi connectivity index (χ4n) is 2.72. The van der Waals surface area contributed by atoms with E-state index in [1.165, 1.54) is 17.3 Å². The molecule has 1 aromatic carbocycles. The van der Waals surface area contributed by atoms with E-state index >= 15 is 0 Å². The van der Waals surface area contributed by atoms with Crippen molar-refractivity contribution in [3.8, 4) is 0 Å². The highest BCUT2D eigenvalue weighted by Gasteiger charge is 2.20. The lowest BCUT2D eigenvalue weighted by Crippen LogP contribution is -2.25. The number of carboxylic acid groups (broad SMARTS) is 1. The van der Waals surface area contributed by atoms with Gasteiger partial charge in [-0.2, -0.15) is 0 Å². The molecule has 0 bridgehead atoms. The van der Waals surface area contributed by atoms with Gasteiger partial charge >= 0.3 is 5.97 Å². The molecule has 4 nitrogen and oxygen atoms in total. The summed E-state index contributed by atoms with van der Waals surface area (Å²) in [5.41, 5.74) is 3.46. The van der Waals surface area contributed by atoms with Crippen LogP contribution in [0.3, 0.4) is 0 Å². The van der Waals surface area contributed by atoms with Gasteiger partial charge in [-0.1, -0.05) is 24.3 Å². The number of aryl methyl sites for hydroxylation is 1. The maximum absolute atomic E-state index is 11.3. The molecule has 3 rings (SSSR count). The molecule has 0 amide bonds. The van der Waals surface area contributed by atoms with E-state index in [1.54, 1.807) is 6.07 Å².